The highest BCUT2D eigenvalue weighted by Crippen LogP contribution is 2.18. The van der Waals surface area contributed by atoms with Crippen molar-refractivity contribution in [3.63, 3.8) is 0 Å². The third-order valence-electron chi connectivity index (χ3n) is 2.08. The molecule has 0 aliphatic heterocycles. The highest BCUT2D eigenvalue weighted by molar-refractivity contribution is 5.53. The summed E-state index contributed by atoms with van der Waals surface area (Å²) in [4.78, 5) is 8.47. The van der Waals surface area contributed by atoms with Gasteiger partial charge in [0.2, 0.25) is 5.89 Å². The van der Waals surface area contributed by atoms with Gasteiger partial charge in [-0.05, 0) is 25.6 Å². The van der Waals surface area contributed by atoms with Crippen molar-refractivity contribution in [2.45, 2.75) is 13.3 Å². The third-order valence-corrected chi connectivity index (χ3v) is 2.08. The summed E-state index contributed by atoms with van der Waals surface area (Å²) >= 11 is 0. The van der Waals surface area contributed by atoms with Crippen molar-refractivity contribution >= 4 is 0 Å². The molecule has 0 saturated heterocycles. The van der Waals surface area contributed by atoms with E-state index in [1.165, 1.54) is 0 Å². The second-order valence-electron chi connectivity index (χ2n) is 3.37. The average molecular weight is 203 g/mol. The largest absolute Gasteiger partial charge is 0.444 e. The van der Waals surface area contributed by atoms with Crippen LogP contribution >= 0.6 is 0 Å². The van der Waals surface area contributed by atoms with Crippen LogP contribution in [-0.4, -0.2) is 16.5 Å². The summed E-state index contributed by atoms with van der Waals surface area (Å²) in [6, 6.07) is 3.84. The molecule has 4 nitrogen and oxygen atoms in total. The van der Waals surface area contributed by atoms with Crippen molar-refractivity contribution in [3.8, 4) is 11.5 Å². The molecular formula is C11H13N3O. The minimum absolute atomic E-state index is 0.598. The normalized spacial score (nSPS) is 10.5. The molecule has 0 atom stereocenters. The summed E-state index contributed by atoms with van der Waals surface area (Å²) < 4.78 is 5.31. The number of hydrogen-bond donors (Lipinski definition) is 1. The number of aryl methyl sites for hydroxylation is 1. The summed E-state index contributed by atoms with van der Waals surface area (Å²) in [5.41, 5.74) is 8.26. The van der Waals surface area contributed by atoms with E-state index in [4.69, 9.17) is 10.2 Å². The van der Waals surface area contributed by atoms with Gasteiger partial charge >= 0.3 is 0 Å². The Morgan fingerprint density at radius 2 is 2.33 bits per heavy atom. The van der Waals surface area contributed by atoms with Crippen molar-refractivity contribution in [3.05, 3.63) is 36.0 Å². The molecule has 4 heteroatoms. The summed E-state index contributed by atoms with van der Waals surface area (Å²) in [7, 11) is 0. The van der Waals surface area contributed by atoms with Crippen LogP contribution in [0.3, 0.4) is 0 Å². The maximum absolute atomic E-state index is 5.47. The molecule has 0 radical (unpaired) electrons. The molecule has 2 aromatic heterocycles. The van der Waals surface area contributed by atoms with E-state index in [-0.39, 0.29) is 0 Å². The van der Waals surface area contributed by atoms with E-state index in [9.17, 15) is 0 Å². The van der Waals surface area contributed by atoms with Crippen molar-refractivity contribution in [1.29, 1.82) is 0 Å². The number of nitrogens with zero attached hydrogens (tertiary/aromatic N) is 2. The molecule has 2 rings (SSSR count). The standard InChI is InChI=1S/C11H13N3O/c1-8-7-15-11(14-8)9-3-5-13-10(6-9)2-4-12/h3,5-7H,2,4,12H2,1H3. The monoisotopic (exact) mass is 203 g/mol. The lowest BCUT2D eigenvalue weighted by molar-refractivity contribution is 0.573. The number of rotatable bonds is 3. The zero-order valence-electron chi connectivity index (χ0n) is 8.60. The first kappa shape index (κ1) is 9.86. The molecule has 2 aromatic rings. The van der Waals surface area contributed by atoms with Crippen LogP contribution in [0.2, 0.25) is 0 Å². The van der Waals surface area contributed by atoms with Gasteiger partial charge in [0.05, 0.1) is 5.69 Å². The first-order valence-corrected chi connectivity index (χ1v) is 4.87. The van der Waals surface area contributed by atoms with Crippen molar-refractivity contribution < 1.29 is 4.42 Å². The van der Waals surface area contributed by atoms with Crippen LogP contribution in [0.25, 0.3) is 11.5 Å². The minimum atomic E-state index is 0.598. The third kappa shape index (κ3) is 2.22. The van der Waals surface area contributed by atoms with Crippen LogP contribution in [-0.2, 0) is 6.42 Å². The number of pyridine rings is 1. The Hall–Kier alpha value is -1.68. The van der Waals surface area contributed by atoms with E-state index in [0.29, 0.717) is 12.4 Å². The molecule has 0 spiro atoms. The molecule has 0 aromatic carbocycles. The van der Waals surface area contributed by atoms with E-state index >= 15 is 0 Å². The molecule has 0 unspecified atom stereocenters. The quantitative estimate of drug-likeness (QED) is 0.821. The van der Waals surface area contributed by atoms with E-state index in [1.54, 1.807) is 12.5 Å². The van der Waals surface area contributed by atoms with Gasteiger partial charge in [0, 0.05) is 23.9 Å². The fourth-order valence-electron chi connectivity index (χ4n) is 1.38. The fraction of sp³-hybridized carbons (Fsp3) is 0.273. The predicted molar refractivity (Wildman–Crippen MR) is 57.2 cm³/mol. The Bertz CT molecular complexity index is 451. The van der Waals surface area contributed by atoms with Gasteiger partial charge in [0.25, 0.3) is 0 Å². The van der Waals surface area contributed by atoms with Gasteiger partial charge in [-0.15, -0.1) is 0 Å². The Morgan fingerprint density at radius 3 is 3.00 bits per heavy atom. The van der Waals surface area contributed by atoms with Gasteiger partial charge in [-0.25, -0.2) is 4.98 Å². The average Bonchev–Trinajstić information content (AvgIpc) is 2.66. The van der Waals surface area contributed by atoms with E-state index in [2.05, 4.69) is 9.97 Å². The Morgan fingerprint density at radius 1 is 1.47 bits per heavy atom. The summed E-state index contributed by atoms with van der Waals surface area (Å²) in [5.74, 6) is 0.633. The fourth-order valence-corrected chi connectivity index (χ4v) is 1.38. The first-order valence-electron chi connectivity index (χ1n) is 4.87. The molecule has 2 heterocycles. The zero-order chi connectivity index (χ0) is 10.7. The second kappa shape index (κ2) is 4.23. The highest BCUT2D eigenvalue weighted by Gasteiger charge is 2.05. The van der Waals surface area contributed by atoms with Gasteiger partial charge in [0.1, 0.15) is 6.26 Å². The van der Waals surface area contributed by atoms with Crippen LogP contribution in [0, 0.1) is 6.92 Å². The Labute approximate surface area is 88.2 Å². The molecule has 0 aliphatic carbocycles. The van der Waals surface area contributed by atoms with Gasteiger partial charge < -0.3 is 10.2 Å². The maximum atomic E-state index is 5.47. The van der Waals surface area contributed by atoms with Gasteiger partial charge in [-0.1, -0.05) is 0 Å². The van der Waals surface area contributed by atoms with Gasteiger partial charge in [-0.2, -0.15) is 0 Å². The van der Waals surface area contributed by atoms with Crippen LogP contribution in [0.15, 0.2) is 29.0 Å². The maximum Gasteiger partial charge on any atom is 0.226 e. The molecule has 15 heavy (non-hydrogen) atoms. The lowest BCUT2D eigenvalue weighted by Crippen LogP contribution is -2.04. The van der Waals surface area contributed by atoms with E-state index in [0.717, 1.165) is 23.4 Å². The predicted octanol–water partition coefficient (Wildman–Crippen LogP) is 1.55. The number of hydrogen-bond acceptors (Lipinski definition) is 4. The molecule has 78 valence electrons. The summed E-state index contributed by atoms with van der Waals surface area (Å²) in [6.07, 6.45) is 4.16. The van der Waals surface area contributed by atoms with Gasteiger partial charge in [-0.3, -0.25) is 4.98 Å². The summed E-state index contributed by atoms with van der Waals surface area (Å²) in [5, 5.41) is 0. The molecule has 0 fully saturated rings. The topological polar surface area (TPSA) is 64.9 Å². The van der Waals surface area contributed by atoms with Gasteiger partial charge in [0.15, 0.2) is 0 Å². The van der Waals surface area contributed by atoms with Crippen molar-refractivity contribution in [1.82, 2.24) is 9.97 Å². The number of nitrogens with two attached hydrogens (primary N) is 1. The number of aromatic nitrogens is 2. The molecular weight excluding hydrogens is 190 g/mol. The van der Waals surface area contributed by atoms with Crippen LogP contribution < -0.4 is 5.73 Å². The molecule has 0 saturated carbocycles. The molecule has 0 amide bonds. The molecule has 2 N–H and O–H groups in total. The van der Waals surface area contributed by atoms with Crippen molar-refractivity contribution in [2.75, 3.05) is 6.54 Å². The molecule has 0 aliphatic rings. The zero-order valence-corrected chi connectivity index (χ0v) is 8.60. The van der Waals surface area contributed by atoms with Crippen LogP contribution in [0.5, 0.6) is 0 Å². The molecule has 0 bridgehead atoms. The van der Waals surface area contributed by atoms with E-state index < -0.39 is 0 Å². The number of oxazole rings is 1. The lowest BCUT2D eigenvalue weighted by Gasteiger charge is -1.99. The SMILES string of the molecule is Cc1coc(-c2ccnc(CCN)c2)n1. The minimum Gasteiger partial charge on any atom is -0.444 e. The van der Waals surface area contributed by atoms with E-state index in [1.807, 2.05) is 19.1 Å². The van der Waals surface area contributed by atoms with Crippen molar-refractivity contribution in [2.24, 2.45) is 5.73 Å². The smallest absolute Gasteiger partial charge is 0.226 e. The summed E-state index contributed by atoms with van der Waals surface area (Å²) in [6.45, 7) is 2.50. The van der Waals surface area contributed by atoms with Crippen LogP contribution in [0.4, 0.5) is 0 Å². The second-order valence-corrected chi connectivity index (χ2v) is 3.37. The lowest BCUT2D eigenvalue weighted by atomic mass is 10.2. The first-order chi connectivity index (χ1) is 7.29. The Balaban J connectivity index is 2.32. The van der Waals surface area contributed by atoms with Crippen LogP contribution in [0.1, 0.15) is 11.4 Å². The highest BCUT2D eigenvalue weighted by atomic mass is 16.3. The Kier molecular flexibility index (Phi) is 2.78.